The number of ether oxygens (including phenoxy) is 3. The lowest BCUT2D eigenvalue weighted by Gasteiger charge is -2.34. The van der Waals surface area contributed by atoms with E-state index >= 15 is 0 Å². The molecule has 61 heavy (non-hydrogen) atoms. The molecule has 0 spiro atoms. The molecule has 352 valence electrons. The summed E-state index contributed by atoms with van der Waals surface area (Å²) in [6.07, 6.45) is 54.1. The molecule has 0 N–H and O–H groups in total. The zero-order valence-electron chi connectivity index (χ0n) is 40.1. The first-order valence-electron chi connectivity index (χ1n) is 24.8. The topological polar surface area (TPSA) is 102 Å². The molecule has 0 saturated heterocycles. The highest BCUT2D eigenvalue weighted by molar-refractivity contribution is 5.70. The highest BCUT2D eigenvalue weighted by atomic mass is 16.6. The summed E-state index contributed by atoms with van der Waals surface area (Å²) < 4.78 is 17.1. The number of carbonyl (C=O) groups excluding carboxylic acids is 3. The Morgan fingerprint density at radius 3 is 1.33 bits per heavy atom. The van der Waals surface area contributed by atoms with Crippen LogP contribution in [0.25, 0.3) is 0 Å². The van der Waals surface area contributed by atoms with Crippen LogP contribution in [0.4, 0.5) is 0 Å². The van der Waals surface area contributed by atoms with Crippen molar-refractivity contribution in [2.75, 3.05) is 41.0 Å². The van der Waals surface area contributed by atoms with Crippen molar-refractivity contribution in [2.24, 2.45) is 0 Å². The Labute approximate surface area is 375 Å². The number of unbranched alkanes of at least 4 members (excludes halogenated alkanes) is 20. The van der Waals surface area contributed by atoms with Gasteiger partial charge in [-0.1, -0.05) is 203 Å². The molecule has 0 aromatic rings. The minimum atomic E-state index is -1.13. The van der Waals surface area contributed by atoms with Crippen LogP contribution in [-0.2, 0) is 28.6 Å². The second kappa shape index (κ2) is 43.7. The minimum Gasteiger partial charge on any atom is -0.544 e. The Hall–Kier alpha value is -2.97. The summed E-state index contributed by atoms with van der Waals surface area (Å²) >= 11 is 0. The maximum Gasteiger partial charge on any atom is 0.306 e. The van der Waals surface area contributed by atoms with Crippen molar-refractivity contribution < 1.29 is 38.2 Å². The highest BCUT2D eigenvalue weighted by Gasteiger charge is 2.25. The van der Waals surface area contributed by atoms with Gasteiger partial charge in [-0.15, -0.1) is 0 Å². The molecule has 8 heteroatoms. The van der Waals surface area contributed by atoms with Gasteiger partial charge in [-0.25, -0.2) is 0 Å². The molecular weight excluding hydrogens is 763 g/mol. The third-order valence-electron chi connectivity index (χ3n) is 10.9. The summed E-state index contributed by atoms with van der Waals surface area (Å²) in [7, 11) is 5.39. The monoisotopic (exact) mass is 856 g/mol. The summed E-state index contributed by atoms with van der Waals surface area (Å²) in [4.78, 5) is 36.9. The normalized spacial score (nSPS) is 13.4. The van der Waals surface area contributed by atoms with Crippen molar-refractivity contribution >= 4 is 17.9 Å². The molecule has 0 aliphatic rings. The van der Waals surface area contributed by atoms with Crippen LogP contribution in [0, 0.1) is 0 Å². The van der Waals surface area contributed by atoms with Crippen molar-refractivity contribution in [1.82, 2.24) is 0 Å². The van der Waals surface area contributed by atoms with E-state index in [1.807, 2.05) is 12.2 Å². The molecule has 0 bridgehead atoms. The highest BCUT2D eigenvalue weighted by Crippen LogP contribution is 2.16. The SMILES string of the molecule is CC/C=C/C/C=C/C/C=C/C/C=C/C/C=C/CCC(=O)OCC(COCCC(C(=O)[O-])[N+](C)(C)C)OC(=O)CCCCCCCCCCCCCCCCCCCCCCC. The number of nitrogens with zero attached hydrogens (tertiary/aromatic N) is 1. The van der Waals surface area contributed by atoms with E-state index in [9.17, 15) is 19.5 Å². The van der Waals surface area contributed by atoms with E-state index < -0.39 is 18.1 Å². The van der Waals surface area contributed by atoms with E-state index in [2.05, 4.69) is 62.5 Å². The van der Waals surface area contributed by atoms with Crippen LogP contribution in [0.2, 0.25) is 0 Å². The van der Waals surface area contributed by atoms with Gasteiger partial charge < -0.3 is 28.6 Å². The first kappa shape index (κ1) is 58.0. The molecule has 0 heterocycles. The first-order chi connectivity index (χ1) is 29.6. The van der Waals surface area contributed by atoms with Crippen LogP contribution in [0.3, 0.4) is 0 Å². The standard InChI is InChI=1S/C53H93NO7/c1-6-8-10-12-14-16-18-20-22-24-25-26-27-28-30-32-34-36-38-40-42-44-52(56)61-49(47-59-46-45-50(53(57)58)54(3,4)5)48-60-51(55)43-41-39-37-35-33-31-29-23-21-19-17-15-13-11-9-7-2/h9,11,15,17,21,23,31,33,37,39,49-50H,6-8,10,12-14,16,18-20,22,24-30,32,34-36,38,40-48H2,1-5H3/b11-9+,17-15+,23-21+,33-31+,39-37+. The lowest BCUT2D eigenvalue weighted by atomic mass is 10.0. The van der Waals surface area contributed by atoms with Gasteiger partial charge in [-0.05, 0) is 44.9 Å². The Morgan fingerprint density at radius 2 is 0.918 bits per heavy atom. The summed E-state index contributed by atoms with van der Waals surface area (Å²) in [6, 6.07) is -0.737. The molecule has 2 atom stereocenters. The fraction of sp³-hybridized carbons (Fsp3) is 0.755. The zero-order chi connectivity index (χ0) is 44.9. The van der Waals surface area contributed by atoms with Crippen LogP contribution < -0.4 is 5.11 Å². The number of allylic oxidation sites excluding steroid dienone is 10. The van der Waals surface area contributed by atoms with Gasteiger partial charge in [0.15, 0.2) is 6.10 Å². The van der Waals surface area contributed by atoms with Gasteiger partial charge in [0.2, 0.25) is 0 Å². The smallest absolute Gasteiger partial charge is 0.306 e. The Kier molecular flexibility index (Phi) is 41.5. The second-order valence-corrected chi connectivity index (χ2v) is 17.7. The van der Waals surface area contributed by atoms with E-state index in [1.54, 1.807) is 21.1 Å². The van der Waals surface area contributed by atoms with Crippen molar-refractivity contribution in [3.05, 3.63) is 60.8 Å². The molecule has 0 fully saturated rings. The Bertz CT molecular complexity index is 1180. The zero-order valence-corrected chi connectivity index (χ0v) is 40.1. The third kappa shape index (κ3) is 42.1. The fourth-order valence-electron chi connectivity index (χ4n) is 7.12. The molecule has 0 rings (SSSR count). The lowest BCUT2D eigenvalue weighted by Crippen LogP contribution is -2.55. The predicted molar refractivity (Wildman–Crippen MR) is 254 cm³/mol. The number of likely N-dealkylation sites (N-methyl/N-ethyl adjacent to an activating group) is 1. The second-order valence-electron chi connectivity index (χ2n) is 17.7. The van der Waals surface area contributed by atoms with E-state index in [0.29, 0.717) is 12.8 Å². The molecule has 0 aliphatic heterocycles. The van der Waals surface area contributed by atoms with Crippen molar-refractivity contribution in [1.29, 1.82) is 0 Å². The summed E-state index contributed by atoms with van der Waals surface area (Å²) in [5.74, 6) is -1.83. The molecule has 0 radical (unpaired) electrons. The maximum absolute atomic E-state index is 12.8. The van der Waals surface area contributed by atoms with Crippen molar-refractivity contribution in [3.63, 3.8) is 0 Å². The number of carboxylic acids is 1. The number of esters is 2. The molecular formula is C53H93NO7. The predicted octanol–water partition coefficient (Wildman–Crippen LogP) is 12.8. The molecule has 0 saturated carbocycles. The van der Waals surface area contributed by atoms with Gasteiger partial charge >= 0.3 is 11.9 Å². The molecule has 2 unspecified atom stereocenters. The lowest BCUT2D eigenvalue weighted by molar-refractivity contribution is -0.889. The molecule has 0 aromatic heterocycles. The fourth-order valence-corrected chi connectivity index (χ4v) is 7.12. The van der Waals surface area contributed by atoms with Gasteiger partial charge in [0.1, 0.15) is 12.6 Å². The van der Waals surface area contributed by atoms with E-state index in [0.717, 1.165) is 51.4 Å². The number of quaternary nitrogens is 1. The summed E-state index contributed by atoms with van der Waals surface area (Å²) in [5.41, 5.74) is 0. The van der Waals surface area contributed by atoms with Gasteiger partial charge in [0.25, 0.3) is 0 Å². The number of aliphatic carboxylic acids is 1. The number of hydrogen-bond donors (Lipinski definition) is 0. The van der Waals surface area contributed by atoms with Crippen LogP contribution in [0.15, 0.2) is 60.8 Å². The van der Waals surface area contributed by atoms with Crippen LogP contribution in [0.1, 0.15) is 206 Å². The van der Waals surface area contributed by atoms with E-state index in [4.69, 9.17) is 14.2 Å². The molecule has 0 aromatic carbocycles. The van der Waals surface area contributed by atoms with E-state index in [-0.39, 0.29) is 49.1 Å². The van der Waals surface area contributed by atoms with Crippen LogP contribution in [0.5, 0.6) is 0 Å². The average Bonchev–Trinajstić information content (AvgIpc) is 3.22. The minimum absolute atomic E-state index is 0.0179. The Balaban J connectivity index is 4.32. The average molecular weight is 856 g/mol. The van der Waals surface area contributed by atoms with Gasteiger partial charge in [-0.2, -0.15) is 0 Å². The van der Waals surface area contributed by atoms with Gasteiger partial charge in [0.05, 0.1) is 40.3 Å². The first-order valence-corrected chi connectivity index (χ1v) is 24.8. The van der Waals surface area contributed by atoms with Gasteiger partial charge in [0, 0.05) is 19.3 Å². The maximum atomic E-state index is 12.8. The number of carbonyl (C=O) groups is 3. The van der Waals surface area contributed by atoms with E-state index in [1.165, 1.54) is 116 Å². The molecule has 0 aliphatic carbocycles. The van der Waals surface area contributed by atoms with Crippen molar-refractivity contribution in [2.45, 2.75) is 219 Å². The third-order valence-corrected chi connectivity index (χ3v) is 10.9. The molecule has 8 nitrogen and oxygen atoms in total. The quantitative estimate of drug-likeness (QED) is 0.0260. The van der Waals surface area contributed by atoms with Crippen molar-refractivity contribution in [3.8, 4) is 0 Å². The molecule has 0 amide bonds. The van der Waals surface area contributed by atoms with Gasteiger partial charge in [-0.3, -0.25) is 9.59 Å². The van der Waals surface area contributed by atoms with Crippen LogP contribution in [-0.4, -0.2) is 75.5 Å². The van der Waals surface area contributed by atoms with Crippen LogP contribution >= 0.6 is 0 Å². The Morgan fingerprint density at radius 1 is 0.508 bits per heavy atom. The number of carboxylic acid groups (broad SMARTS) is 1. The summed E-state index contributed by atoms with van der Waals surface area (Å²) in [6.45, 7) is 4.49. The largest absolute Gasteiger partial charge is 0.544 e. The number of hydrogen-bond acceptors (Lipinski definition) is 7. The summed E-state index contributed by atoms with van der Waals surface area (Å²) in [5, 5.41) is 11.6. The number of rotatable bonds is 44.